The Hall–Kier alpha value is -2.89. The highest BCUT2D eigenvalue weighted by molar-refractivity contribution is 5.93. The quantitative estimate of drug-likeness (QED) is 0.804. The van der Waals surface area contributed by atoms with Crippen LogP contribution < -0.4 is 10.1 Å². The second kappa shape index (κ2) is 5.39. The normalized spacial score (nSPS) is 14.0. The predicted molar refractivity (Wildman–Crippen MR) is 86.3 cm³/mol. The van der Waals surface area contributed by atoms with Crippen molar-refractivity contribution in [3.05, 3.63) is 42.6 Å². The Morgan fingerprint density at radius 1 is 1.26 bits per heavy atom. The van der Waals surface area contributed by atoms with Gasteiger partial charge in [-0.25, -0.2) is 4.52 Å². The lowest BCUT2D eigenvalue weighted by atomic mass is 10.1. The number of hydrogen-bond acceptors (Lipinski definition) is 4. The molecule has 1 N–H and O–H groups in total. The standard InChI is InChI=1S/C17H16N4O2/c1-23-13-8-6-11(7-9-13)14-3-2-10-21-15(14)18-17(20-21)19-16(22)12-4-5-12/h2-3,6-10,12H,4-5H2,1H3,(H,19,20,22). The highest BCUT2D eigenvalue weighted by atomic mass is 16.5. The molecule has 1 aromatic carbocycles. The number of aromatic nitrogens is 3. The predicted octanol–water partition coefficient (Wildman–Crippen LogP) is 2.75. The molecule has 0 saturated heterocycles. The second-order valence-electron chi connectivity index (χ2n) is 5.62. The Balaban J connectivity index is 1.71. The molecular weight excluding hydrogens is 292 g/mol. The summed E-state index contributed by atoms with van der Waals surface area (Å²) in [5.74, 6) is 1.29. The monoisotopic (exact) mass is 308 g/mol. The molecule has 1 aliphatic rings. The van der Waals surface area contributed by atoms with Crippen molar-refractivity contribution in [3.63, 3.8) is 0 Å². The highest BCUT2D eigenvalue weighted by Gasteiger charge is 2.30. The van der Waals surface area contributed by atoms with Crippen LogP contribution in [0.2, 0.25) is 0 Å². The molecule has 0 radical (unpaired) electrons. The van der Waals surface area contributed by atoms with E-state index in [4.69, 9.17) is 4.74 Å². The number of pyridine rings is 1. The largest absolute Gasteiger partial charge is 0.497 e. The zero-order valence-corrected chi connectivity index (χ0v) is 12.7. The summed E-state index contributed by atoms with van der Waals surface area (Å²) in [4.78, 5) is 16.3. The number of carbonyl (C=O) groups is 1. The number of anilines is 1. The van der Waals surface area contributed by atoms with E-state index in [0.717, 1.165) is 29.7 Å². The van der Waals surface area contributed by atoms with Crippen LogP contribution in [0.3, 0.4) is 0 Å². The van der Waals surface area contributed by atoms with Gasteiger partial charge in [-0.05, 0) is 42.7 Å². The maximum atomic E-state index is 11.9. The van der Waals surface area contributed by atoms with Gasteiger partial charge in [0.1, 0.15) is 5.75 Å². The molecule has 23 heavy (non-hydrogen) atoms. The Labute approximate surface area is 133 Å². The third-order valence-electron chi connectivity index (χ3n) is 3.95. The number of hydrogen-bond donors (Lipinski definition) is 1. The van der Waals surface area contributed by atoms with Gasteiger partial charge in [0, 0.05) is 17.7 Å². The first-order valence-electron chi connectivity index (χ1n) is 7.55. The summed E-state index contributed by atoms with van der Waals surface area (Å²) >= 11 is 0. The Bertz CT molecular complexity index is 866. The van der Waals surface area contributed by atoms with Gasteiger partial charge in [0.05, 0.1) is 7.11 Å². The summed E-state index contributed by atoms with van der Waals surface area (Å²) in [6.45, 7) is 0. The molecule has 3 aromatic rings. The summed E-state index contributed by atoms with van der Waals surface area (Å²) in [6.07, 6.45) is 3.73. The van der Waals surface area contributed by atoms with E-state index in [1.54, 1.807) is 11.6 Å². The minimum atomic E-state index is 0.00639. The molecule has 4 rings (SSSR count). The van der Waals surface area contributed by atoms with Crippen molar-refractivity contribution >= 4 is 17.5 Å². The van der Waals surface area contributed by atoms with Crippen LogP contribution in [0.15, 0.2) is 42.6 Å². The smallest absolute Gasteiger partial charge is 0.249 e. The maximum absolute atomic E-state index is 11.9. The van der Waals surface area contributed by atoms with Crippen molar-refractivity contribution < 1.29 is 9.53 Å². The van der Waals surface area contributed by atoms with Crippen molar-refractivity contribution in [2.75, 3.05) is 12.4 Å². The molecule has 0 aliphatic heterocycles. The van der Waals surface area contributed by atoms with Gasteiger partial charge in [0.2, 0.25) is 11.9 Å². The van der Waals surface area contributed by atoms with Gasteiger partial charge in [-0.1, -0.05) is 12.1 Å². The molecule has 1 fully saturated rings. The molecule has 1 saturated carbocycles. The minimum absolute atomic E-state index is 0.00639. The maximum Gasteiger partial charge on any atom is 0.249 e. The fourth-order valence-corrected chi connectivity index (χ4v) is 2.51. The molecule has 0 bridgehead atoms. The van der Waals surface area contributed by atoms with E-state index in [1.165, 1.54) is 0 Å². The van der Waals surface area contributed by atoms with Crippen molar-refractivity contribution in [2.45, 2.75) is 12.8 Å². The number of nitrogens with zero attached hydrogens (tertiary/aromatic N) is 3. The van der Waals surface area contributed by atoms with Gasteiger partial charge in [0.25, 0.3) is 0 Å². The molecule has 2 aromatic heterocycles. The van der Waals surface area contributed by atoms with Crippen molar-refractivity contribution in [3.8, 4) is 16.9 Å². The van der Waals surface area contributed by atoms with Gasteiger partial charge in [0.15, 0.2) is 5.65 Å². The van der Waals surface area contributed by atoms with E-state index in [1.807, 2.05) is 42.6 Å². The van der Waals surface area contributed by atoms with E-state index >= 15 is 0 Å². The fraction of sp³-hybridized carbons (Fsp3) is 0.235. The van der Waals surface area contributed by atoms with Gasteiger partial charge >= 0.3 is 0 Å². The van der Waals surface area contributed by atoms with E-state index in [9.17, 15) is 4.79 Å². The third kappa shape index (κ3) is 2.63. The average Bonchev–Trinajstić information content (AvgIpc) is 3.35. The van der Waals surface area contributed by atoms with Gasteiger partial charge in [-0.15, -0.1) is 5.10 Å². The number of benzene rings is 1. The molecular formula is C17H16N4O2. The molecule has 116 valence electrons. The zero-order valence-electron chi connectivity index (χ0n) is 12.7. The molecule has 0 spiro atoms. The highest BCUT2D eigenvalue weighted by Crippen LogP contribution is 2.30. The van der Waals surface area contributed by atoms with Gasteiger partial charge in [-0.3, -0.25) is 10.1 Å². The van der Waals surface area contributed by atoms with E-state index in [2.05, 4.69) is 15.4 Å². The second-order valence-corrected chi connectivity index (χ2v) is 5.62. The fourth-order valence-electron chi connectivity index (χ4n) is 2.51. The van der Waals surface area contributed by atoms with Gasteiger partial charge < -0.3 is 4.74 Å². The van der Waals surface area contributed by atoms with Crippen LogP contribution in [-0.2, 0) is 4.79 Å². The number of fused-ring (bicyclic) bond motifs is 1. The first kappa shape index (κ1) is 13.8. The van der Waals surface area contributed by atoms with Gasteiger partial charge in [-0.2, -0.15) is 4.98 Å². The molecule has 0 atom stereocenters. The summed E-state index contributed by atoms with van der Waals surface area (Å²) in [5.41, 5.74) is 2.68. The van der Waals surface area contributed by atoms with Crippen LogP contribution in [0.1, 0.15) is 12.8 Å². The molecule has 1 aliphatic carbocycles. The van der Waals surface area contributed by atoms with Crippen LogP contribution in [-0.4, -0.2) is 27.6 Å². The van der Waals surface area contributed by atoms with E-state index in [0.29, 0.717) is 11.6 Å². The molecule has 6 heteroatoms. The van der Waals surface area contributed by atoms with Crippen molar-refractivity contribution in [2.24, 2.45) is 5.92 Å². The van der Waals surface area contributed by atoms with Crippen LogP contribution >= 0.6 is 0 Å². The van der Waals surface area contributed by atoms with Crippen molar-refractivity contribution in [1.82, 2.24) is 14.6 Å². The van der Waals surface area contributed by atoms with Crippen molar-refractivity contribution in [1.29, 1.82) is 0 Å². The van der Waals surface area contributed by atoms with Crippen LogP contribution in [0.25, 0.3) is 16.8 Å². The Morgan fingerprint density at radius 2 is 2.04 bits per heavy atom. The first-order valence-corrected chi connectivity index (χ1v) is 7.55. The summed E-state index contributed by atoms with van der Waals surface area (Å²) in [5, 5.41) is 7.12. The lowest BCUT2D eigenvalue weighted by Gasteiger charge is -2.04. The number of carbonyl (C=O) groups excluding carboxylic acids is 1. The first-order chi connectivity index (χ1) is 11.2. The van der Waals surface area contributed by atoms with Crippen LogP contribution in [0.4, 0.5) is 5.95 Å². The lowest BCUT2D eigenvalue weighted by Crippen LogP contribution is -2.14. The zero-order chi connectivity index (χ0) is 15.8. The Kier molecular flexibility index (Phi) is 3.22. The number of rotatable bonds is 4. The molecule has 1 amide bonds. The SMILES string of the molecule is COc1ccc(-c2cccn3nc(NC(=O)C4CC4)nc23)cc1. The molecule has 0 unspecified atom stereocenters. The minimum Gasteiger partial charge on any atom is -0.497 e. The summed E-state index contributed by atoms with van der Waals surface area (Å²) in [6, 6.07) is 11.7. The van der Waals surface area contributed by atoms with Crippen LogP contribution in [0.5, 0.6) is 5.75 Å². The number of methoxy groups -OCH3 is 1. The van der Waals surface area contributed by atoms with E-state index < -0.39 is 0 Å². The van der Waals surface area contributed by atoms with E-state index in [-0.39, 0.29) is 11.8 Å². The number of amides is 1. The topological polar surface area (TPSA) is 68.5 Å². The third-order valence-corrected chi connectivity index (χ3v) is 3.95. The molecule has 2 heterocycles. The summed E-state index contributed by atoms with van der Waals surface area (Å²) in [7, 11) is 1.64. The lowest BCUT2D eigenvalue weighted by molar-refractivity contribution is -0.117. The van der Waals surface area contributed by atoms with Crippen LogP contribution in [0, 0.1) is 5.92 Å². The molecule has 6 nitrogen and oxygen atoms in total. The summed E-state index contributed by atoms with van der Waals surface area (Å²) < 4.78 is 6.87. The average molecular weight is 308 g/mol. The Morgan fingerprint density at radius 3 is 2.74 bits per heavy atom. The number of nitrogens with one attached hydrogen (secondary N) is 1. The number of ether oxygens (including phenoxy) is 1.